The summed E-state index contributed by atoms with van der Waals surface area (Å²) >= 11 is 0. The molecule has 1 aliphatic rings. The lowest BCUT2D eigenvalue weighted by Gasteiger charge is -2.20. The number of fused-ring (bicyclic) bond motifs is 1. The van der Waals surface area contributed by atoms with Crippen molar-refractivity contribution in [3.05, 3.63) is 35.4 Å². The van der Waals surface area contributed by atoms with Crippen LogP contribution in [0.4, 0.5) is 0 Å². The maximum atomic E-state index is 10.1. The molecule has 0 heterocycles. The Morgan fingerprint density at radius 3 is 2.15 bits per heavy atom. The first-order chi connectivity index (χ1) is 6.23. The first kappa shape index (κ1) is 8.73. The van der Waals surface area contributed by atoms with Gasteiger partial charge in [0.1, 0.15) is 0 Å². The van der Waals surface area contributed by atoms with Gasteiger partial charge >= 0.3 is 0 Å². The summed E-state index contributed by atoms with van der Waals surface area (Å²) in [4.78, 5) is 0. The van der Waals surface area contributed by atoms with Crippen molar-refractivity contribution < 1.29 is 10.2 Å². The number of hydrogen-bond acceptors (Lipinski definition) is 2. The largest absolute Gasteiger partial charge is 0.396 e. The molecule has 0 saturated carbocycles. The van der Waals surface area contributed by atoms with Crippen LogP contribution in [-0.4, -0.2) is 22.4 Å². The van der Waals surface area contributed by atoms with E-state index in [1.165, 1.54) is 11.1 Å². The van der Waals surface area contributed by atoms with Crippen LogP contribution in [0.2, 0.25) is 0 Å². The molecule has 0 radical (unpaired) electrons. The van der Waals surface area contributed by atoms with Crippen molar-refractivity contribution in [1.29, 1.82) is 0 Å². The SMILES string of the molecule is OCCC1(O)Cc2ccccc2C1. The van der Waals surface area contributed by atoms with Crippen molar-refractivity contribution in [1.82, 2.24) is 0 Å². The predicted molar refractivity (Wildman–Crippen MR) is 50.5 cm³/mol. The normalized spacial score (nSPS) is 18.6. The van der Waals surface area contributed by atoms with Gasteiger partial charge in [-0.3, -0.25) is 0 Å². The van der Waals surface area contributed by atoms with Crippen molar-refractivity contribution in [2.24, 2.45) is 0 Å². The third-order valence-corrected chi connectivity index (χ3v) is 2.73. The van der Waals surface area contributed by atoms with Gasteiger partial charge in [-0.1, -0.05) is 24.3 Å². The maximum absolute atomic E-state index is 10.1. The van der Waals surface area contributed by atoms with Crippen molar-refractivity contribution in [3.8, 4) is 0 Å². The molecule has 2 heteroatoms. The average molecular weight is 178 g/mol. The van der Waals surface area contributed by atoms with Gasteiger partial charge in [-0.2, -0.15) is 0 Å². The molecule has 0 fully saturated rings. The fourth-order valence-electron chi connectivity index (χ4n) is 2.06. The van der Waals surface area contributed by atoms with E-state index in [-0.39, 0.29) is 6.61 Å². The van der Waals surface area contributed by atoms with Crippen LogP contribution in [0.5, 0.6) is 0 Å². The Bertz CT molecular complexity index is 282. The first-order valence-corrected chi connectivity index (χ1v) is 4.63. The molecule has 2 nitrogen and oxygen atoms in total. The van der Waals surface area contributed by atoms with Crippen molar-refractivity contribution in [2.75, 3.05) is 6.61 Å². The van der Waals surface area contributed by atoms with Gasteiger partial charge in [0.25, 0.3) is 0 Å². The minimum Gasteiger partial charge on any atom is -0.396 e. The van der Waals surface area contributed by atoms with Gasteiger partial charge in [0.15, 0.2) is 0 Å². The Hall–Kier alpha value is -0.860. The smallest absolute Gasteiger partial charge is 0.0750 e. The van der Waals surface area contributed by atoms with Crippen molar-refractivity contribution >= 4 is 0 Å². The van der Waals surface area contributed by atoms with Crippen LogP contribution in [0.15, 0.2) is 24.3 Å². The van der Waals surface area contributed by atoms with Gasteiger partial charge in [-0.05, 0) is 17.5 Å². The van der Waals surface area contributed by atoms with E-state index < -0.39 is 5.60 Å². The predicted octanol–water partition coefficient (Wildman–Crippen LogP) is 0.899. The molecule has 1 aromatic carbocycles. The summed E-state index contributed by atoms with van der Waals surface area (Å²) in [6.07, 6.45) is 1.84. The van der Waals surface area contributed by atoms with E-state index in [0.29, 0.717) is 19.3 Å². The molecule has 70 valence electrons. The summed E-state index contributed by atoms with van der Waals surface area (Å²) < 4.78 is 0. The highest BCUT2D eigenvalue weighted by Crippen LogP contribution is 2.31. The van der Waals surface area contributed by atoms with Crippen molar-refractivity contribution in [2.45, 2.75) is 24.9 Å². The summed E-state index contributed by atoms with van der Waals surface area (Å²) in [6.45, 7) is 0.0600. The first-order valence-electron chi connectivity index (χ1n) is 4.63. The molecule has 2 N–H and O–H groups in total. The zero-order chi connectivity index (χ0) is 9.31. The second-order valence-electron chi connectivity index (χ2n) is 3.82. The van der Waals surface area contributed by atoms with Crippen molar-refractivity contribution in [3.63, 3.8) is 0 Å². The van der Waals surface area contributed by atoms with E-state index in [4.69, 9.17) is 5.11 Å². The summed E-state index contributed by atoms with van der Waals surface area (Å²) in [5.41, 5.74) is 1.75. The quantitative estimate of drug-likeness (QED) is 0.706. The van der Waals surface area contributed by atoms with Gasteiger partial charge < -0.3 is 10.2 Å². The van der Waals surface area contributed by atoms with Gasteiger partial charge in [0, 0.05) is 19.4 Å². The molecule has 13 heavy (non-hydrogen) atoms. The minimum absolute atomic E-state index is 0.0600. The van der Waals surface area contributed by atoms with Gasteiger partial charge in [-0.15, -0.1) is 0 Å². The highest BCUT2D eigenvalue weighted by molar-refractivity contribution is 5.35. The molecule has 0 aromatic heterocycles. The zero-order valence-electron chi connectivity index (χ0n) is 7.53. The number of aliphatic hydroxyl groups is 2. The second kappa shape index (κ2) is 3.13. The molecule has 0 saturated heterocycles. The monoisotopic (exact) mass is 178 g/mol. The highest BCUT2D eigenvalue weighted by atomic mass is 16.3. The molecule has 0 amide bonds. The lowest BCUT2D eigenvalue weighted by Crippen LogP contribution is -2.30. The Morgan fingerprint density at radius 2 is 1.69 bits per heavy atom. The molecule has 0 aliphatic heterocycles. The standard InChI is InChI=1S/C11H14O2/c12-6-5-11(13)7-9-3-1-2-4-10(9)8-11/h1-4,12-13H,5-8H2. The van der Waals surface area contributed by atoms with E-state index in [2.05, 4.69) is 0 Å². The van der Waals surface area contributed by atoms with Crippen LogP contribution < -0.4 is 0 Å². The topological polar surface area (TPSA) is 40.5 Å². The lowest BCUT2D eigenvalue weighted by molar-refractivity contribution is 0.0257. The molecule has 2 rings (SSSR count). The molecule has 0 unspecified atom stereocenters. The van der Waals surface area contributed by atoms with E-state index in [9.17, 15) is 5.11 Å². The fraction of sp³-hybridized carbons (Fsp3) is 0.455. The zero-order valence-corrected chi connectivity index (χ0v) is 7.53. The van der Waals surface area contributed by atoms with Crippen LogP contribution in [0.1, 0.15) is 17.5 Å². The molecular weight excluding hydrogens is 164 g/mol. The Labute approximate surface area is 77.8 Å². The third-order valence-electron chi connectivity index (χ3n) is 2.73. The maximum Gasteiger partial charge on any atom is 0.0750 e. The Kier molecular flexibility index (Phi) is 2.10. The Morgan fingerprint density at radius 1 is 1.15 bits per heavy atom. The van der Waals surface area contributed by atoms with E-state index in [1.54, 1.807) is 0 Å². The highest BCUT2D eigenvalue weighted by Gasteiger charge is 2.33. The van der Waals surface area contributed by atoms with Gasteiger partial charge in [0.2, 0.25) is 0 Å². The van der Waals surface area contributed by atoms with Gasteiger partial charge in [-0.25, -0.2) is 0 Å². The van der Waals surface area contributed by atoms with Crippen LogP contribution in [-0.2, 0) is 12.8 Å². The average Bonchev–Trinajstić information content (AvgIpc) is 2.40. The molecule has 0 bridgehead atoms. The summed E-state index contributed by atoms with van der Waals surface area (Å²) in [7, 11) is 0. The number of benzene rings is 1. The van der Waals surface area contributed by atoms with E-state index >= 15 is 0 Å². The fourth-order valence-corrected chi connectivity index (χ4v) is 2.06. The van der Waals surface area contributed by atoms with E-state index in [0.717, 1.165) is 0 Å². The number of rotatable bonds is 2. The molecule has 0 atom stereocenters. The summed E-state index contributed by atoms with van der Waals surface area (Å²) in [5, 5.41) is 18.9. The molecular formula is C11H14O2. The van der Waals surface area contributed by atoms with Crippen LogP contribution in [0.3, 0.4) is 0 Å². The lowest BCUT2D eigenvalue weighted by atomic mass is 9.97. The molecule has 1 aromatic rings. The van der Waals surface area contributed by atoms with Crippen LogP contribution in [0.25, 0.3) is 0 Å². The van der Waals surface area contributed by atoms with Gasteiger partial charge in [0.05, 0.1) is 5.60 Å². The van der Waals surface area contributed by atoms with Crippen LogP contribution in [0, 0.1) is 0 Å². The third kappa shape index (κ3) is 1.60. The minimum atomic E-state index is -0.696. The Balaban J connectivity index is 2.21. The summed E-state index contributed by atoms with van der Waals surface area (Å²) in [6, 6.07) is 8.07. The molecule has 1 aliphatic carbocycles. The number of aliphatic hydroxyl groups excluding tert-OH is 1. The molecule has 0 spiro atoms. The van der Waals surface area contributed by atoms with Crippen LogP contribution >= 0.6 is 0 Å². The summed E-state index contributed by atoms with van der Waals surface area (Å²) in [5.74, 6) is 0. The number of hydrogen-bond donors (Lipinski definition) is 2. The van der Waals surface area contributed by atoms with E-state index in [1.807, 2.05) is 24.3 Å². The second-order valence-corrected chi connectivity index (χ2v) is 3.82.